The number of aryl methyl sites for hydroxylation is 1. The van der Waals surface area contributed by atoms with E-state index in [1.54, 1.807) is 10.9 Å². The van der Waals surface area contributed by atoms with Crippen LogP contribution in [0.5, 0.6) is 0 Å². The van der Waals surface area contributed by atoms with Crippen molar-refractivity contribution in [2.45, 2.75) is 76.5 Å². The molecule has 5 rings (SSSR count). The lowest BCUT2D eigenvalue weighted by Gasteiger charge is -2.46. The molecule has 2 saturated heterocycles. The number of fused-ring (bicyclic) bond motifs is 2. The van der Waals surface area contributed by atoms with Crippen LogP contribution in [-0.2, 0) is 21.6 Å². The maximum Gasteiger partial charge on any atom is 0.280 e. The summed E-state index contributed by atoms with van der Waals surface area (Å²) >= 11 is 0. The number of amides is 1. The third kappa shape index (κ3) is 6.55. The topological polar surface area (TPSA) is 87.5 Å². The molecule has 2 N–H and O–H groups in total. The molecule has 2 fully saturated rings. The van der Waals surface area contributed by atoms with Gasteiger partial charge in [0.2, 0.25) is 5.91 Å². The van der Waals surface area contributed by atoms with Gasteiger partial charge in [0, 0.05) is 56.1 Å². The Balaban J connectivity index is 1.26. The highest BCUT2D eigenvalue weighted by Crippen LogP contribution is 2.44. The fraction of sp³-hybridized carbons (Fsp3) is 0.645. The number of carbonyl (C=O) groups excluding carboxylic acids is 1. The van der Waals surface area contributed by atoms with Crippen LogP contribution >= 0.6 is 0 Å². The Hall–Kier alpha value is -3.12. The van der Waals surface area contributed by atoms with Crippen molar-refractivity contribution in [1.82, 2.24) is 25.4 Å². The molecule has 3 aliphatic heterocycles. The lowest BCUT2D eigenvalue weighted by Crippen LogP contribution is -2.58. The van der Waals surface area contributed by atoms with Crippen molar-refractivity contribution in [3.63, 3.8) is 0 Å². The van der Waals surface area contributed by atoms with Crippen LogP contribution in [0.2, 0.25) is 0 Å². The fourth-order valence-corrected chi connectivity index (χ4v) is 6.61. The summed E-state index contributed by atoms with van der Waals surface area (Å²) in [6.07, 6.45) is 4.76. The Morgan fingerprint density at radius 2 is 1.98 bits per heavy atom. The molecule has 0 aliphatic carbocycles. The van der Waals surface area contributed by atoms with Gasteiger partial charge < -0.3 is 25.2 Å². The zero-order chi connectivity index (χ0) is 30.6. The van der Waals surface area contributed by atoms with Gasteiger partial charge >= 0.3 is 0 Å². The number of rotatable bonds is 13. The number of aromatic nitrogens is 3. The molecule has 1 atom stereocenters. The zero-order valence-electron chi connectivity index (χ0n) is 25.3. The molecule has 1 amide bonds. The monoisotopic (exact) mass is 603 g/mol. The van der Waals surface area contributed by atoms with Crippen LogP contribution in [0.1, 0.15) is 74.0 Å². The molecule has 3 aliphatic rings. The first kappa shape index (κ1) is 31.3. The summed E-state index contributed by atoms with van der Waals surface area (Å²) in [4.78, 5) is 20.1. The second-order valence-electron chi connectivity index (χ2n) is 11.9. The molecule has 0 aromatic carbocycles. The minimum Gasteiger partial charge on any atom is -0.368 e. The average molecular weight is 604 g/mol. The Morgan fingerprint density at radius 3 is 2.65 bits per heavy atom. The van der Waals surface area contributed by atoms with E-state index in [2.05, 4.69) is 37.1 Å². The fourth-order valence-electron chi connectivity index (χ4n) is 6.61. The summed E-state index contributed by atoms with van der Waals surface area (Å²) in [6, 6.07) is 1.85. The van der Waals surface area contributed by atoms with Crippen LogP contribution < -0.4 is 20.4 Å². The molecule has 0 bridgehead atoms. The standard InChI is InChI=1S/C31H44F3N7O2/c1-4-8-24-25(40-18-22(19-40)35-11-6-7-12-36-27(42)5-2)15-26(38-28(24)30(33)34)39-13-9-31(10-14-39)29-21(3)17-37-41(29)23(16-32)20-43-31/h5,15,17,22-23,30,35H,2,4,6-14,16,18-20H2,1,3H3,(H,36,42). The van der Waals surface area contributed by atoms with Gasteiger partial charge in [-0.15, -0.1) is 0 Å². The molecule has 2 aromatic heterocycles. The summed E-state index contributed by atoms with van der Waals surface area (Å²) in [6.45, 7) is 11.3. The molecule has 236 valence electrons. The number of carbonyl (C=O) groups is 1. The van der Waals surface area contributed by atoms with Crippen molar-refractivity contribution in [2.24, 2.45) is 0 Å². The average Bonchev–Trinajstić information content (AvgIpc) is 3.39. The number of unbranched alkanes of at least 4 members (excludes halogenated alkanes) is 1. The number of ether oxygens (including phenoxy) is 1. The molecular weight excluding hydrogens is 559 g/mol. The number of piperidine rings is 1. The molecular formula is C31H44F3N7O2. The van der Waals surface area contributed by atoms with E-state index in [-0.39, 0.29) is 24.2 Å². The third-order valence-corrected chi connectivity index (χ3v) is 8.95. The van der Waals surface area contributed by atoms with Crippen LogP contribution in [0.25, 0.3) is 0 Å². The zero-order valence-corrected chi connectivity index (χ0v) is 25.3. The van der Waals surface area contributed by atoms with E-state index in [1.165, 1.54) is 6.08 Å². The number of nitrogens with one attached hydrogen (secondary N) is 2. The van der Waals surface area contributed by atoms with E-state index in [9.17, 15) is 18.0 Å². The molecule has 0 radical (unpaired) electrons. The summed E-state index contributed by atoms with van der Waals surface area (Å²) in [7, 11) is 0. The van der Waals surface area contributed by atoms with Crippen molar-refractivity contribution in [3.8, 4) is 0 Å². The van der Waals surface area contributed by atoms with Crippen molar-refractivity contribution in [2.75, 3.05) is 62.3 Å². The van der Waals surface area contributed by atoms with Crippen LogP contribution in [0.4, 0.5) is 24.7 Å². The van der Waals surface area contributed by atoms with Gasteiger partial charge in [-0.05, 0) is 57.2 Å². The van der Waals surface area contributed by atoms with Crippen molar-refractivity contribution < 1.29 is 22.7 Å². The van der Waals surface area contributed by atoms with E-state index in [1.807, 2.05) is 19.9 Å². The third-order valence-electron chi connectivity index (χ3n) is 8.95. The molecule has 1 unspecified atom stereocenters. The molecule has 43 heavy (non-hydrogen) atoms. The summed E-state index contributed by atoms with van der Waals surface area (Å²) < 4.78 is 50.6. The van der Waals surface area contributed by atoms with Gasteiger partial charge in [0.1, 0.15) is 29.8 Å². The maximum atomic E-state index is 14.4. The molecule has 2 aromatic rings. The van der Waals surface area contributed by atoms with Crippen LogP contribution in [0.3, 0.4) is 0 Å². The Morgan fingerprint density at radius 1 is 1.23 bits per heavy atom. The van der Waals surface area contributed by atoms with E-state index in [4.69, 9.17) is 4.74 Å². The van der Waals surface area contributed by atoms with E-state index < -0.39 is 24.7 Å². The van der Waals surface area contributed by atoms with Gasteiger partial charge in [-0.25, -0.2) is 18.2 Å². The minimum atomic E-state index is -2.66. The summed E-state index contributed by atoms with van der Waals surface area (Å²) in [5, 5.41) is 10.8. The lowest BCUT2D eigenvalue weighted by molar-refractivity contribution is -0.116. The predicted molar refractivity (Wildman–Crippen MR) is 161 cm³/mol. The largest absolute Gasteiger partial charge is 0.368 e. The predicted octanol–water partition coefficient (Wildman–Crippen LogP) is 4.37. The van der Waals surface area contributed by atoms with Gasteiger partial charge in [0.15, 0.2) is 0 Å². The van der Waals surface area contributed by atoms with Gasteiger partial charge in [-0.2, -0.15) is 5.10 Å². The van der Waals surface area contributed by atoms with E-state index in [0.717, 1.165) is 55.8 Å². The number of pyridine rings is 1. The number of nitrogens with zero attached hydrogens (tertiary/aromatic N) is 5. The summed E-state index contributed by atoms with van der Waals surface area (Å²) in [5.74, 6) is 0.409. The first-order chi connectivity index (χ1) is 20.8. The molecule has 0 saturated carbocycles. The summed E-state index contributed by atoms with van der Waals surface area (Å²) in [5.41, 5.74) is 2.71. The molecule has 9 nitrogen and oxygen atoms in total. The number of anilines is 2. The van der Waals surface area contributed by atoms with E-state index >= 15 is 0 Å². The highest BCUT2D eigenvalue weighted by atomic mass is 19.3. The number of hydrogen-bond acceptors (Lipinski definition) is 7. The second kappa shape index (κ2) is 13.7. The number of hydrogen-bond donors (Lipinski definition) is 2. The Labute approximate surface area is 251 Å². The lowest BCUT2D eigenvalue weighted by atomic mass is 9.84. The SMILES string of the molecule is C=CC(=O)NCCCCNC1CN(c2cc(N3CCC4(CC3)OCC(CF)n3ncc(C)c34)nc(C(F)F)c2CCC)C1. The van der Waals surface area contributed by atoms with E-state index in [0.29, 0.717) is 50.3 Å². The first-order valence-corrected chi connectivity index (χ1v) is 15.5. The quantitative estimate of drug-likeness (QED) is 0.260. The van der Waals surface area contributed by atoms with Crippen LogP contribution in [0, 0.1) is 6.92 Å². The van der Waals surface area contributed by atoms with Gasteiger partial charge in [-0.3, -0.25) is 9.48 Å². The molecule has 1 spiro atoms. The van der Waals surface area contributed by atoms with Crippen molar-refractivity contribution in [3.05, 3.63) is 47.4 Å². The van der Waals surface area contributed by atoms with Gasteiger partial charge in [-0.1, -0.05) is 19.9 Å². The minimum absolute atomic E-state index is 0.124. The van der Waals surface area contributed by atoms with Crippen LogP contribution in [0.15, 0.2) is 24.9 Å². The highest BCUT2D eigenvalue weighted by molar-refractivity contribution is 5.86. The number of alkyl halides is 3. The molecule has 5 heterocycles. The molecule has 12 heteroatoms. The van der Waals surface area contributed by atoms with Gasteiger partial charge in [0.05, 0.1) is 18.5 Å². The Kier molecular flexibility index (Phi) is 9.95. The van der Waals surface area contributed by atoms with Gasteiger partial charge in [0.25, 0.3) is 6.43 Å². The smallest absolute Gasteiger partial charge is 0.280 e. The van der Waals surface area contributed by atoms with Crippen LogP contribution in [-0.4, -0.2) is 79.3 Å². The second-order valence-corrected chi connectivity index (χ2v) is 11.9. The van der Waals surface area contributed by atoms with Crippen molar-refractivity contribution in [1.29, 1.82) is 0 Å². The Bertz CT molecular complexity index is 1270. The first-order valence-electron chi connectivity index (χ1n) is 15.5. The number of halogens is 3. The highest BCUT2D eigenvalue weighted by Gasteiger charge is 2.46. The normalized spacial score (nSPS) is 19.9. The maximum absolute atomic E-state index is 14.4. The van der Waals surface area contributed by atoms with Crippen molar-refractivity contribution >= 4 is 17.4 Å².